The maximum absolute atomic E-state index is 8.91. The van der Waals surface area contributed by atoms with Gasteiger partial charge in [0.05, 0.1) is 18.1 Å². The smallest absolute Gasteiger partial charge is 0.119 e. The van der Waals surface area contributed by atoms with Crippen molar-refractivity contribution in [3.8, 4) is 11.8 Å². The molecule has 0 aliphatic heterocycles. The maximum atomic E-state index is 8.91. The summed E-state index contributed by atoms with van der Waals surface area (Å²) >= 11 is 0. The fourth-order valence-corrected chi connectivity index (χ4v) is 1.78. The van der Waals surface area contributed by atoms with Gasteiger partial charge in [0.1, 0.15) is 5.75 Å². The summed E-state index contributed by atoms with van der Waals surface area (Å²) in [6.45, 7) is 6.60. The van der Waals surface area contributed by atoms with Crippen LogP contribution in [-0.2, 0) is 0 Å². The Morgan fingerprint density at radius 1 is 1.26 bits per heavy atom. The third-order valence-electron chi connectivity index (χ3n) is 3.17. The predicted octanol–water partition coefficient (Wildman–Crippen LogP) is 3.81. The lowest BCUT2D eigenvalue weighted by atomic mass is 9.89. The van der Waals surface area contributed by atoms with Crippen LogP contribution >= 0.6 is 0 Å². The molecule has 1 aromatic carbocycles. The molecule has 1 rings (SSSR count). The predicted molar refractivity (Wildman–Crippen MR) is 77.8 cm³/mol. The first-order valence-corrected chi connectivity index (χ1v) is 6.84. The molecule has 2 N–H and O–H groups in total. The SMILES string of the molecule is C[C@@H](N)c1ccc(OCCCCC(C)(C)C#N)cc1. The molecule has 0 aromatic heterocycles. The van der Waals surface area contributed by atoms with Gasteiger partial charge in [-0.15, -0.1) is 0 Å². The molecule has 0 saturated heterocycles. The molecule has 0 fully saturated rings. The molecule has 3 nitrogen and oxygen atoms in total. The number of unbranched alkanes of at least 4 members (excludes halogenated alkanes) is 1. The van der Waals surface area contributed by atoms with Crippen molar-refractivity contribution in [1.29, 1.82) is 5.26 Å². The van der Waals surface area contributed by atoms with Crippen molar-refractivity contribution >= 4 is 0 Å². The summed E-state index contributed by atoms with van der Waals surface area (Å²) in [7, 11) is 0. The van der Waals surface area contributed by atoms with Gasteiger partial charge in [0.2, 0.25) is 0 Å². The van der Waals surface area contributed by atoms with E-state index in [2.05, 4.69) is 6.07 Å². The number of hydrogen-bond donors (Lipinski definition) is 1. The van der Waals surface area contributed by atoms with E-state index in [1.54, 1.807) is 0 Å². The molecule has 0 unspecified atom stereocenters. The average molecular weight is 260 g/mol. The Morgan fingerprint density at radius 3 is 2.42 bits per heavy atom. The summed E-state index contributed by atoms with van der Waals surface area (Å²) < 4.78 is 5.67. The number of hydrogen-bond acceptors (Lipinski definition) is 3. The highest BCUT2D eigenvalue weighted by atomic mass is 16.5. The van der Waals surface area contributed by atoms with E-state index >= 15 is 0 Å². The minimum absolute atomic E-state index is 0.0577. The normalized spacial score (nSPS) is 12.8. The second-order valence-corrected chi connectivity index (χ2v) is 5.66. The van der Waals surface area contributed by atoms with Crippen LogP contribution in [0.5, 0.6) is 5.75 Å². The summed E-state index contributed by atoms with van der Waals surface area (Å²) in [6, 6.07) is 10.3. The highest BCUT2D eigenvalue weighted by Crippen LogP contribution is 2.22. The van der Waals surface area contributed by atoms with Crippen LogP contribution in [0.3, 0.4) is 0 Å². The highest BCUT2D eigenvalue weighted by molar-refractivity contribution is 5.28. The van der Waals surface area contributed by atoms with Gasteiger partial charge in [-0.05, 0) is 57.7 Å². The quantitative estimate of drug-likeness (QED) is 0.758. The number of nitrogens with zero attached hydrogens (tertiary/aromatic N) is 1. The van der Waals surface area contributed by atoms with Crippen molar-refractivity contribution in [2.75, 3.05) is 6.61 Å². The molecule has 0 saturated carbocycles. The first kappa shape index (κ1) is 15.5. The van der Waals surface area contributed by atoms with Crippen molar-refractivity contribution in [2.24, 2.45) is 11.1 Å². The molecule has 0 aliphatic carbocycles. The van der Waals surface area contributed by atoms with E-state index in [1.165, 1.54) is 0 Å². The molecule has 0 radical (unpaired) electrons. The molecule has 0 bridgehead atoms. The fraction of sp³-hybridized carbons (Fsp3) is 0.562. The number of benzene rings is 1. The van der Waals surface area contributed by atoms with Gasteiger partial charge >= 0.3 is 0 Å². The van der Waals surface area contributed by atoms with Crippen LogP contribution in [0, 0.1) is 16.7 Å². The maximum Gasteiger partial charge on any atom is 0.119 e. The Labute approximate surface area is 116 Å². The van der Waals surface area contributed by atoms with E-state index in [-0.39, 0.29) is 11.5 Å². The lowest BCUT2D eigenvalue weighted by Crippen LogP contribution is -2.08. The minimum atomic E-state index is -0.223. The van der Waals surface area contributed by atoms with Crippen LogP contribution in [0.1, 0.15) is 51.6 Å². The summed E-state index contributed by atoms with van der Waals surface area (Å²) in [6.07, 6.45) is 2.90. The number of ether oxygens (including phenoxy) is 1. The number of nitriles is 1. The molecule has 19 heavy (non-hydrogen) atoms. The Hall–Kier alpha value is -1.53. The molecule has 0 heterocycles. The van der Waals surface area contributed by atoms with Crippen LogP contribution in [0.4, 0.5) is 0 Å². The lowest BCUT2D eigenvalue weighted by molar-refractivity contribution is 0.295. The summed E-state index contributed by atoms with van der Waals surface area (Å²) in [5.74, 6) is 0.879. The van der Waals surface area contributed by atoms with E-state index in [9.17, 15) is 0 Å². The van der Waals surface area contributed by atoms with E-state index in [4.69, 9.17) is 15.7 Å². The Balaban J connectivity index is 2.25. The van der Waals surface area contributed by atoms with Crippen molar-refractivity contribution < 1.29 is 4.74 Å². The van der Waals surface area contributed by atoms with E-state index < -0.39 is 0 Å². The van der Waals surface area contributed by atoms with Crippen molar-refractivity contribution in [2.45, 2.75) is 46.1 Å². The zero-order valence-electron chi connectivity index (χ0n) is 12.1. The van der Waals surface area contributed by atoms with Gasteiger partial charge in [0, 0.05) is 6.04 Å². The largest absolute Gasteiger partial charge is 0.494 e. The topological polar surface area (TPSA) is 59.0 Å². The number of nitrogens with two attached hydrogens (primary N) is 1. The van der Waals surface area contributed by atoms with Crippen LogP contribution in [0.2, 0.25) is 0 Å². The second kappa shape index (κ2) is 7.16. The molecular weight excluding hydrogens is 236 g/mol. The lowest BCUT2D eigenvalue weighted by Gasteiger charge is -2.14. The minimum Gasteiger partial charge on any atom is -0.494 e. The zero-order chi connectivity index (χ0) is 14.3. The first-order valence-electron chi connectivity index (χ1n) is 6.84. The van der Waals surface area contributed by atoms with E-state index in [0.29, 0.717) is 6.61 Å². The third kappa shape index (κ3) is 5.76. The Bertz CT molecular complexity index is 415. The molecule has 3 heteroatoms. The van der Waals surface area contributed by atoms with E-state index in [0.717, 1.165) is 30.6 Å². The van der Waals surface area contributed by atoms with Gasteiger partial charge in [-0.3, -0.25) is 0 Å². The van der Waals surface area contributed by atoms with Gasteiger partial charge in [-0.2, -0.15) is 5.26 Å². The standard InChI is InChI=1S/C16H24N2O/c1-13(18)14-6-8-15(9-7-14)19-11-5-4-10-16(2,3)12-17/h6-9,13H,4-5,10-11,18H2,1-3H3/t13-/m1/s1. The first-order chi connectivity index (χ1) is 8.94. The van der Waals surface area contributed by atoms with Crippen LogP contribution in [0.15, 0.2) is 24.3 Å². The van der Waals surface area contributed by atoms with Gasteiger partial charge in [0.25, 0.3) is 0 Å². The van der Waals surface area contributed by atoms with Crippen LogP contribution in [-0.4, -0.2) is 6.61 Å². The summed E-state index contributed by atoms with van der Waals surface area (Å²) in [4.78, 5) is 0. The summed E-state index contributed by atoms with van der Waals surface area (Å²) in [5.41, 5.74) is 6.68. The molecule has 1 atom stereocenters. The van der Waals surface area contributed by atoms with Crippen molar-refractivity contribution in [1.82, 2.24) is 0 Å². The molecule has 1 aromatic rings. The second-order valence-electron chi connectivity index (χ2n) is 5.66. The van der Waals surface area contributed by atoms with E-state index in [1.807, 2.05) is 45.0 Å². The Morgan fingerprint density at radius 2 is 1.89 bits per heavy atom. The van der Waals surface area contributed by atoms with Gasteiger partial charge < -0.3 is 10.5 Å². The fourth-order valence-electron chi connectivity index (χ4n) is 1.78. The molecule has 0 aliphatic rings. The van der Waals surface area contributed by atoms with Crippen LogP contribution in [0.25, 0.3) is 0 Å². The average Bonchev–Trinajstić information content (AvgIpc) is 2.39. The van der Waals surface area contributed by atoms with Gasteiger partial charge in [-0.1, -0.05) is 12.1 Å². The highest BCUT2D eigenvalue weighted by Gasteiger charge is 2.15. The van der Waals surface area contributed by atoms with Crippen LogP contribution < -0.4 is 10.5 Å². The number of rotatable bonds is 7. The molecule has 0 amide bonds. The summed E-state index contributed by atoms with van der Waals surface area (Å²) in [5, 5.41) is 8.91. The van der Waals surface area contributed by atoms with Gasteiger partial charge in [-0.25, -0.2) is 0 Å². The monoisotopic (exact) mass is 260 g/mol. The Kier molecular flexibility index (Phi) is 5.85. The van der Waals surface area contributed by atoms with Crippen molar-refractivity contribution in [3.63, 3.8) is 0 Å². The molecular formula is C16H24N2O. The molecule has 0 spiro atoms. The van der Waals surface area contributed by atoms with Crippen molar-refractivity contribution in [3.05, 3.63) is 29.8 Å². The zero-order valence-corrected chi connectivity index (χ0v) is 12.1. The van der Waals surface area contributed by atoms with Gasteiger partial charge in [0.15, 0.2) is 0 Å². The third-order valence-corrected chi connectivity index (χ3v) is 3.17. The molecule has 104 valence electrons.